The van der Waals surface area contributed by atoms with Crippen LogP contribution in [0, 0.1) is 12.8 Å². The van der Waals surface area contributed by atoms with E-state index in [0.717, 1.165) is 29.0 Å². The molecule has 0 bridgehead atoms. The molecule has 4 nitrogen and oxygen atoms in total. The smallest absolute Gasteiger partial charge is 0.144 e. The Hall–Kier alpha value is -1.81. The third-order valence-corrected chi connectivity index (χ3v) is 4.43. The summed E-state index contributed by atoms with van der Waals surface area (Å²) >= 11 is 6.20. The third kappa shape index (κ3) is 2.68. The Morgan fingerprint density at radius 1 is 1.48 bits per heavy atom. The second kappa shape index (κ2) is 5.53. The molecule has 1 atom stereocenters. The van der Waals surface area contributed by atoms with Crippen molar-refractivity contribution in [2.75, 3.05) is 6.61 Å². The van der Waals surface area contributed by atoms with E-state index in [1.807, 2.05) is 31.2 Å². The van der Waals surface area contributed by atoms with Crippen LogP contribution >= 0.6 is 11.6 Å². The molecule has 1 aliphatic rings. The van der Waals surface area contributed by atoms with E-state index in [1.54, 1.807) is 11.7 Å². The molecular formula is C16H17ClN2O2. The molecule has 0 amide bonds. The van der Waals surface area contributed by atoms with Gasteiger partial charge in [-0.05, 0) is 25.0 Å². The van der Waals surface area contributed by atoms with E-state index < -0.39 is 0 Å². The van der Waals surface area contributed by atoms with Gasteiger partial charge in [-0.15, -0.1) is 0 Å². The Kier molecular flexibility index (Phi) is 3.72. The number of Topliss-reactive ketones (excluding diaryl/α,β-unsaturated/α-hetero) is 1. The molecule has 1 unspecified atom stereocenters. The molecule has 0 aliphatic carbocycles. The molecule has 1 aromatic heterocycles. The average Bonchev–Trinajstić information content (AvgIpc) is 2.73. The minimum absolute atomic E-state index is 0.115. The topological polar surface area (TPSA) is 44.1 Å². The maximum Gasteiger partial charge on any atom is 0.144 e. The molecule has 0 N–H and O–H groups in total. The molecule has 2 aromatic rings. The number of carbonyl (C=O) groups excluding carboxylic acids is 1. The van der Waals surface area contributed by atoms with Crippen molar-refractivity contribution in [3.8, 4) is 5.75 Å². The molecule has 3 rings (SSSR count). The number of hydrogen-bond donors (Lipinski definition) is 0. The summed E-state index contributed by atoms with van der Waals surface area (Å²) in [7, 11) is 1.78. The number of benzene rings is 1. The fourth-order valence-corrected chi connectivity index (χ4v) is 2.97. The van der Waals surface area contributed by atoms with Gasteiger partial charge in [0.05, 0.1) is 18.2 Å². The number of halogens is 1. The number of rotatable bonds is 3. The van der Waals surface area contributed by atoms with Crippen molar-refractivity contribution < 1.29 is 9.53 Å². The number of aryl methyl sites for hydroxylation is 2. The Bertz CT molecular complexity index is 694. The van der Waals surface area contributed by atoms with Gasteiger partial charge in [0, 0.05) is 19.0 Å². The number of fused-ring (bicyclic) bond motifs is 1. The van der Waals surface area contributed by atoms with Crippen LogP contribution in [-0.4, -0.2) is 22.2 Å². The highest BCUT2D eigenvalue weighted by molar-refractivity contribution is 6.30. The number of ketones is 1. The van der Waals surface area contributed by atoms with Crippen molar-refractivity contribution in [2.24, 2.45) is 13.0 Å². The number of para-hydroxylation sites is 1. The molecule has 5 heteroatoms. The van der Waals surface area contributed by atoms with Gasteiger partial charge in [-0.25, -0.2) is 0 Å². The first-order valence-electron chi connectivity index (χ1n) is 6.97. The Labute approximate surface area is 128 Å². The van der Waals surface area contributed by atoms with Crippen LogP contribution in [0.15, 0.2) is 24.3 Å². The zero-order valence-corrected chi connectivity index (χ0v) is 12.9. The SMILES string of the molecule is Cc1nn(C)c(Cl)c1CC(=O)C1COc2ccccc2C1. The summed E-state index contributed by atoms with van der Waals surface area (Å²) in [6.45, 7) is 2.31. The van der Waals surface area contributed by atoms with E-state index in [2.05, 4.69) is 5.10 Å². The molecule has 0 saturated heterocycles. The summed E-state index contributed by atoms with van der Waals surface area (Å²) < 4.78 is 7.29. The fourth-order valence-electron chi connectivity index (χ4n) is 2.73. The lowest BCUT2D eigenvalue weighted by Gasteiger charge is -2.24. The quantitative estimate of drug-likeness (QED) is 0.876. The maximum absolute atomic E-state index is 12.5. The third-order valence-electron chi connectivity index (χ3n) is 3.96. The minimum Gasteiger partial charge on any atom is -0.493 e. The predicted molar refractivity (Wildman–Crippen MR) is 80.8 cm³/mol. The van der Waals surface area contributed by atoms with E-state index in [4.69, 9.17) is 16.3 Å². The Morgan fingerprint density at radius 2 is 2.24 bits per heavy atom. The van der Waals surface area contributed by atoms with Gasteiger partial charge >= 0.3 is 0 Å². The number of aromatic nitrogens is 2. The molecular weight excluding hydrogens is 288 g/mol. The van der Waals surface area contributed by atoms with E-state index in [1.165, 1.54) is 0 Å². The highest BCUT2D eigenvalue weighted by Gasteiger charge is 2.27. The van der Waals surface area contributed by atoms with Crippen LogP contribution in [0.3, 0.4) is 0 Å². The van der Waals surface area contributed by atoms with E-state index >= 15 is 0 Å². The summed E-state index contributed by atoms with van der Waals surface area (Å²) in [5.74, 6) is 0.926. The molecule has 0 fully saturated rings. The van der Waals surface area contributed by atoms with E-state index in [-0.39, 0.29) is 11.7 Å². The van der Waals surface area contributed by atoms with Gasteiger partial charge in [-0.1, -0.05) is 29.8 Å². The Morgan fingerprint density at radius 3 is 2.95 bits per heavy atom. The molecule has 1 aromatic carbocycles. The highest BCUT2D eigenvalue weighted by atomic mass is 35.5. The number of nitrogens with zero attached hydrogens (tertiary/aromatic N) is 2. The number of hydrogen-bond acceptors (Lipinski definition) is 3. The largest absolute Gasteiger partial charge is 0.493 e. The zero-order chi connectivity index (χ0) is 15.0. The maximum atomic E-state index is 12.5. The van der Waals surface area contributed by atoms with E-state index in [0.29, 0.717) is 18.2 Å². The zero-order valence-electron chi connectivity index (χ0n) is 12.1. The van der Waals surface area contributed by atoms with Gasteiger partial charge < -0.3 is 4.74 Å². The van der Waals surface area contributed by atoms with Crippen LogP contribution in [-0.2, 0) is 24.7 Å². The second-order valence-corrected chi connectivity index (χ2v) is 5.80. The Balaban J connectivity index is 1.75. The molecule has 2 heterocycles. The molecule has 21 heavy (non-hydrogen) atoms. The van der Waals surface area contributed by atoms with Gasteiger partial charge in [0.25, 0.3) is 0 Å². The summed E-state index contributed by atoms with van der Waals surface area (Å²) in [4.78, 5) is 12.5. The van der Waals surface area contributed by atoms with E-state index in [9.17, 15) is 4.79 Å². The van der Waals surface area contributed by atoms with Crippen LogP contribution in [0.25, 0.3) is 0 Å². The van der Waals surface area contributed by atoms with Crippen LogP contribution in [0.2, 0.25) is 5.15 Å². The minimum atomic E-state index is -0.115. The van der Waals surface area contributed by atoms with Crippen LogP contribution in [0.5, 0.6) is 5.75 Å². The molecule has 0 spiro atoms. The lowest BCUT2D eigenvalue weighted by molar-refractivity contribution is -0.123. The van der Waals surface area contributed by atoms with Crippen molar-refractivity contribution in [3.63, 3.8) is 0 Å². The van der Waals surface area contributed by atoms with Crippen molar-refractivity contribution in [2.45, 2.75) is 19.8 Å². The lowest BCUT2D eigenvalue weighted by atomic mass is 9.90. The average molecular weight is 305 g/mol. The normalized spacial score (nSPS) is 17.2. The summed E-state index contributed by atoms with van der Waals surface area (Å²) in [6.07, 6.45) is 1.04. The fraction of sp³-hybridized carbons (Fsp3) is 0.375. The summed E-state index contributed by atoms with van der Waals surface area (Å²) in [6, 6.07) is 7.87. The molecule has 0 saturated carbocycles. The number of carbonyl (C=O) groups is 1. The monoisotopic (exact) mass is 304 g/mol. The van der Waals surface area contributed by atoms with Gasteiger partial charge in [0.15, 0.2) is 0 Å². The van der Waals surface area contributed by atoms with Gasteiger partial charge in [0.2, 0.25) is 0 Å². The van der Waals surface area contributed by atoms with Gasteiger partial charge in [0.1, 0.15) is 16.7 Å². The predicted octanol–water partition coefficient (Wildman–Crippen LogP) is 2.74. The van der Waals surface area contributed by atoms with Crippen LogP contribution in [0.4, 0.5) is 0 Å². The first kappa shape index (κ1) is 14.1. The van der Waals surface area contributed by atoms with Crippen LogP contribution in [0.1, 0.15) is 16.8 Å². The van der Waals surface area contributed by atoms with Crippen molar-refractivity contribution in [3.05, 3.63) is 46.2 Å². The standard InChI is InChI=1S/C16H17ClN2O2/c1-10-13(16(17)19(2)18-10)8-14(20)12-7-11-5-3-4-6-15(11)21-9-12/h3-6,12H,7-9H2,1-2H3. The van der Waals surface area contributed by atoms with Crippen molar-refractivity contribution in [1.29, 1.82) is 0 Å². The first-order chi connectivity index (χ1) is 10.1. The number of ether oxygens (including phenoxy) is 1. The van der Waals surface area contributed by atoms with Crippen molar-refractivity contribution in [1.82, 2.24) is 9.78 Å². The van der Waals surface area contributed by atoms with Crippen LogP contribution < -0.4 is 4.74 Å². The summed E-state index contributed by atoms with van der Waals surface area (Å²) in [5, 5.41) is 4.79. The summed E-state index contributed by atoms with van der Waals surface area (Å²) in [5.41, 5.74) is 2.73. The van der Waals surface area contributed by atoms with Gasteiger partial charge in [-0.2, -0.15) is 5.10 Å². The second-order valence-electron chi connectivity index (χ2n) is 5.44. The van der Waals surface area contributed by atoms with Crippen molar-refractivity contribution >= 4 is 17.4 Å². The lowest BCUT2D eigenvalue weighted by Crippen LogP contribution is -2.29. The molecule has 110 valence electrons. The molecule has 0 radical (unpaired) electrons. The molecule has 1 aliphatic heterocycles. The van der Waals surface area contributed by atoms with Gasteiger partial charge in [-0.3, -0.25) is 9.48 Å². The first-order valence-corrected chi connectivity index (χ1v) is 7.35. The highest BCUT2D eigenvalue weighted by Crippen LogP contribution is 2.28.